The minimum atomic E-state index is 0.537. The highest BCUT2D eigenvalue weighted by Crippen LogP contribution is 2.25. The molecule has 0 radical (unpaired) electrons. The average Bonchev–Trinajstić information content (AvgIpc) is 2.45. The van der Waals surface area contributed by atoms with Crippen LogP contribution in [0.2, 0.25) is 0 Å². The quantitative estimate of drug-likeness (QED) is 0.738. The maximum absolute atomic E-state index is 5.81. The highest BCUT2D eigenvalue weighted by molar-refractivity contribution is 5.63. The van der Waals surface area contributed by atoms with Gasteiger partial charge in [0.25, 0.3) is 0 Å². The number of rotatable bonds is 5. The van der Waals surface area contributed by atoms with Crippen molar-refractivity contribution in [2.24, 2.45) is 0 Å². The molecule has 0 fully saturated rings. The van der Waals surface area contributed by atoms with E-state index in [9.17, 15) is 0 Å². The minimum Gasteiger partial charge on any atom is -0.497 e. The fraction of sp³-hybridized carbons (Fsp3) is 0.125. The van der Waals surface area contributed by atoms with Crippen LogP contribution in [-0.4, -0.2) is 7.11 Å². The summed E-state index contributed by atoms with van der Waals surface area (Å²) in [4.78, 5) is 0. The largest absolute Gasteiger partial charge is 0.497 e. The Kier molecular flexibility index (Phi) is 4.02. The summed E-state index contributed by atoms with van der Waals surface area (Å²) in [5.41, 5.74) is 2.02. The Hall–Kier alpha value is -2.22. The van der Waals surface area contributed by atoms with Crippen LogP contribution in [0.15, 0.2) is 61.2 Å². The first-order valence-corrected chi connectivity index (χ1v) is 5.80. The highest BCUT2D eigenvalue weighted by Gasteiger charge is 2.06. The molecule has 0 amide bonds. The van der Waals surface area contributed by atoms with Crippen LogP contribution in [-0.2, 0) is 11.3 Å². The molecule has 0 unspecified atom stereocenters. The van der Waals surface area contributed by atoms with Crippen LogP contribution in [0.3, 0.4) is 0 Å². The van der Waals surface area contributed by atoms with Crippen LogP contribution < -0.4 is 4.74 Å². The first-order chi connectivity index (χ1) is 8.81. The Labute approximate surface area is 107 Å². The van der Waals surface area contributed by atoms with Crippen molar-refractivity contribution in [1.82, 2.24) is 0 Å². The molecule has 0 saturated carbocycles. The summed E-state index contributed by atoms with van der Waals surface area (Å²) in [6, 6.07) is 17.8. The normalized spacial score (nSPS) is 9.83. The molecule has 0 aliphatic carbocycles. The second-order valence-electron chi connectivity index (χ2n) is 3.90. The molecule has 0 aliphatic rings. The lowest BCUT2D eigenvalue weighted by atomic mass is 10.1. The first-order valence-electron chi connectivity index (χ1n) is 5.80. The lowest BCUT2D eigenvalue weighted by Gasteiger charge is -2.12. The molecule has 2 nitrogen and oxygen atoms in total. The van der Waals surface area contributed by atoms with Gasteiger partial charge in [-0.2, -0.15) is 0 Å². The maximum atomic E-state index is 5.81. The Morgan fingerprint density at radius 1 is 1.00 bits per heavy atom. The number of para-hydroxylation sites is 1. The Bertz CT molecular complexity index is 518. The second kappa shape index (κ2) is 5.92. The van der Waals surface area contributed by atoms with E-state index in [4.69, 9.17) is 9.47 Å². The van der Waals surface area contributed by atoms with E-state index in [0.717, 1.165) is 16.9 Å². The molecule has 2 aromatic carbocycles. The summed E-state index contributed by atoms with van der Waals surface area (Å²) in [6.45, 7) is 4.39. The van der Waals surface area contributed by atoms with E-state index >= 15 is 0 Å². The fourth-order valence-corrected chi connectivity index (χ4v) is 1.67. The summed E-state index contributed by atoms with van der Waals surface area (Å²) in [5.74, 6) is 1.40. The van der Waals surface area contributed by atoms with E-state index in [1.807, 2.05) is 54.6 Å². The second-order valence-corrected chi connectivity index (χ2v) is 3.90. The van der Waals surface area contributed by atoms with Gasteiger partial charge < -0.3 is 9.47 Å². The van der Waals surface area contributed by atoms with Crippen LogP contribution in [0.25, 0.3) is 5.76 Å². The molecule has 0 N–H and O–H groups in total. The topological polar surface area (TPSA) is 18.5 Å². The molecule has 0 saturated heterocycles. The zero-order chi connectivity index (χ0) is 12.8. The number of benzene rings is 2. The predicted molar refractivity (Wildman–Crippen MR) is 73.3 cm³/mol. The van der Waals surface area contributed by atoms with Crippen molar-refractivity contribution in [3.05, 3.63) is 72.3 Å². The average molecular weight is 240 g/mol. The summed E-state index contributed by atoms with van der Waals surface area (Å²) >= 11 is 0. The third-order valence-electron chi connectivity index (χ3n) is 2.67. The molecule has 2 aromatic rings. The van der Waals surface area contributed by atoms with E-state index in [1.165, 1.54) is 0 Å². The minimum absolute atomic E-state index is 0.537. The van der Waals surface area contributed by atoms with Gasteiger partial charge in [-0.15, -0.1) is 0 Å². The van der Waals surface area contributed by atoms with Gasteiger partial charge in [0.05, 0.1) is 12.7 Å². The van der Waals surface area contributed by atoms with Gasteiger partial charge in [-0.05, 0) is 17.7 Å². The number of methoxy groups -OCH3 is 1. The molecular weight excluding hydrogens is 224 g/mol. The van der Waals surface area contributed by atoms with E-state index in [0.29, 0.717) is 12.4 Å². The van der Waals surface area contributed by atoms with Gasteiger partial charge in [0.15, 0.2) is 0 Å². The van der Waals surface area contributed by atoms with Crippen LogP contribution in [0.5, 0.6) is 5.75 Å². The first kappa shape index (κ1) is 12.2. The number of hydrogen-bond donors (Lipinski definition) is 0. The monoisotopic (exact) mass is 240 g/mol. The van der Waals surface area contributed by atoms with E-state index in [1.54, 1.807) is 7.11 Å². The van der Waals surface area contributed by atoms with Crippen molar-refractivity contribution < 1.29 is 9.47 Å². The third-order valence-corrected chi connectivity index (χ3v) is 2.67. The van der Waals surface area contributed by atoms with Crippen LogP contribution in [0.4, 0.5) is 0 Å². The van der Waals surface area contributed by atoms with Gasteiger partial charge in [0.1, 0.15) is 18.1 Å². The van der Waals surface area contributed by atoms with Crippen molar-refractivity contribution >= 4 is 5.76 Å². The molecule has 2 rings (SSSR count). The van der Waals surface area contributed by atoms with Crippen molar-refractivity contribution in [3.63, 3.8) is 0 Å². The molecule has 0 spiro atoms. The number of ether oxygens (including phenoxy) is 2. The summed E-state index contributed by atoms with van der Waals surface area (Å²) in [7, 11) is 1.61. The van der Waals surface area contributed by atoms with Gasteiger partial charge in [-0.25, -0.2) is 0 Å². The summed E-state index contributed by atoms with van der Waals surface area (Å²) < 4.78 is 11.0. The molecule has 18 heavy (non-hydrogen) atoms. The highest BCUT2D eigenvalue weighted by atomic mass is 16.5. The molecule has 2 heteroatoms. The molecule has 0 heterocycles. The van der Waals surface area contributed by atoms with E-state index in [-0.39, 0.29) is 0 Å². The molecule has 0 atom stereocenters. The zero-order valence-corrected chi connectivity index (χ0v) is 10.4. The molecule has 0 aromatic heterocycles. The van der Waals surface area contributed by atoms with Gasteiger partial charge >= 0.3 is 0 Å². The van der Waals surface area contributed by atoms with E-state index in [2.05, 4.69) is 6.58 Å². The fourth-order valence-electron chi connectivity index (χ4n) is 1.67. The van der Waals surface area contributed by atoms with Crippen molar-refractivity contribution in [2.75, 3.05) is 7.11 Å². The third kappa shape index (κ3) is 2.92. The smallest absolute Gasteiger partial charge is 0.130 e. The predicted octanol–water partition coefficient (Wildman–Crippen LogP) is 3.88. The Morgan fingerprint density at radius 3 is 2.39 bits per heavy atom. The van der Waals surface area contributed by atoms with Crippen LogP contribution in [0, 0.1) is 0 Å². The number of hydrogen-bond acceptors (Lipinski definition) is 2. The van der Waals surface area contributed by atoms with Gasteiger partial charge in [0.2, 0.25) is 0 Å². The van der Waals surface area contributed by atoms with Gasteiger partial charge in [-0.3, -0.25) is 0 Å². The van der Waals surface area contributed by atoms with Gasteiger partial charge in [0, 0.05) is 0 Å². The lowest BCUT2D eigenvalue weighted by Crippen LogP contribution is -1.98. The van der Waals surface area contributed by atoms with Crippen LogP contribution in [0.1, 0.15) is 11.1 Å². The standard InChI is InChI=1S/C16H16O2/c1-13(17-2)15-10-6-7-11-16(15)18-12-14-8-4-3-5-9-14/h3-11H,1,12H2,2H3. The van der Waals surface area contributed by atoms with E-state index < -0.39 is 0 Å². The van der Waals surface area contributed by atoms with Crippen molar-refractivity contribution in [2.45, 2.75) is 6.61 Å². The SMILES string of the molecule is C=C(OC)c1ccccc1OCc1ccccc1. The van der Waals surface area contributed by atoms with Gasteiger partial charge in [-0.1, -0.05) is 49.0 Å². The van der Waals surface area contributed by atoms with Crippen molar-refractivity contribution in [1.29, 1.82) is 0 Å². The van der Waals surface area contributed by atoms with Crippen molar-refractivity contribution in [3.8, 4) is 5.75 Å². The molecule has 0 bridgehead atoms. The maximum Gasteiger partial charge on any atom is 0.130 e. The molecule has 92 valence electrons. The summed E-state index contributed by atoms with van der Waals surface area (Å²) in [6.07, 6.45) is 0. The zero-order valence-electron chi connectivity index (χ0n) is 10.4. The van der Waals surface area contributed by atoms with Crippen LogP contribution >= 0.6 is 0 Å². The Balaban J connectivity index is 2.12. The summed E-state index contributed by atoms with van der Waals surface area (Å²) in [5, 5.41) is 0. The Morgan fingerprint density at radius 2 is 1.67 bits per heavy atom. The molecular formula is C16H16O2. The lowest BCUT2D eigenvalue weighted by molar-refractivity contribution is 0.301. The molecule has 0 aliphatic heterocycles.